The van der Waals surface area contributed by atoms with Gasteiger partial charge in [-0.3, -0.25) is 4.79 Å². The molecule has 0 fully saturated rings. The lowest BCUT2D eigenvalue weighted by molar-refractivity contribution is -0.121. The van der Waals surface area contributed by atoms with Crippen molar-refractivity contribution in [2.45, 2.75) is 38.8 Å². The summed E-state index contributed by atoms with van der Waals surface area (Å²) in [6, 6.07) is 13.3. The van der Waals surface area contributed by atoms with Gasteiger partial charge in [0.05, 0.1) is 25.8 Å². The molecule has 2 rings (SSSR count). The average molecular weight is 413 g/mol. The van der Waals surface area contributed by atoms with E-state index in [1.807, 2.05) is 30.3 Å². The monoisotopic (exact) mass is 413 g/mol. The Bertz CT molecular complexity index is 891. The molecule has 0 heterocycles. The summed E-state index contributed by atoms with van der Waals surface area (Å²) in [4.78, 5) is 24.6. The molecule has 2 aromatic rings. The van der Waals surface area contributed by atoms with Crippen LogP contribution in [0.3, 0.4) is 0 Å². The van der Waals surface area contributed by atoms with Gasteiger partial charge in [0.1, 0.15) is 5.60 Å². The van der Waals surface area contributed by atoms with Gasteiger partial charge in [-0.25, -0.2) is 10.2 Å². The second kappa shape index (κ2) is 10.3. The van der Waals surface area contributed by atoms with Crippen LogP contribution in [0, 0.1) is 0 Å². The van der Waals surface area contributed by atoms with Crippen molar-refractivity contribution in [1.29, 1.82) is 0 Å². The van der Waals surface area contributed by atoms with Crippen molar-refractivity contribution in [3.05, 3.63) is 59.7 Å². The molecule has 1 atom stereocenters. The summed E-state index contributed by atoms with van der Waals surface area (Å²) in [5, 5.41) is 16.3. The Morgan fingerprint density at radius 3 is 2.50 bits per heavy atom. The first kappa shape index (κ1) is 22.7. The average Bonchev–Trinajstić information content (AvgIpc) is 2.68. The zero-order valence-corrected chi connectivity index (χ0v) is 17.5. The van der Waals surface area contributed by atoms with Gasteiger partial charge in [-0.05, 0) is 50.1 Å². The van der Waals surface area contributed by atoms with Gasteiger partial charge >= 0.3 is 6.09 Å². The van der Waals surface area contributed by atoms with Crippen LogP contribution in [0.1, 0.15) is 44.4 Å². The molecule has 8 heteroatoms. The second-order valence-electron chi connectivity index (χ2n) is 7.54. The van der Waals surface area contributed by atoms with Crippen LogP contribution >= 0.6 is 0 Å². The maximum atomic E-state index is 12.4. The molecule has 0 aliphatic rings. The number of hydrogen-bond donors (Lipinski definition) is 3. The van der Waals surface area contributed by atoms with Crippen LogP contribution in [-0.4, -0.2) is 36.0 Å². The molecule has 3 N–H and O–H groups in total. The number of nitrogens with zero attached hydrogens (tertiary/aromatic N) is 1. The molecule has 0 spiro atoms. The van der Waals surface area contributed by atoms with E-state index in [-0.39, 0.29) is 18.1 Å². The van der Waals surface area contributed by atoms with Gasteiger partial charge in [-0.15, -0.1) is 0 Å². The zero-order chi connectivity index (χ0) is 22.1. The normalized spacial score (nSPS) is 12.3. The van der Waals surface area contributed by atoms with Crippen LogP contribution in [-0.2, 0) is 9.53 Å². The van der Waals surface area contributed by atoms with Crippen LogP contribution in [0.5, 0.6) is 11.5 Å². The minimum Gasteiger partial charge on any atom is -0.504 e. The van der Waals surface area contributed by atoms with E-state index in [9.17, 15) is 14.7 Å². The van der Waals surface area contributed by atoms with E-state index in [1.54, 1.807) is 32.9 Å². The number of alkyl carbamates (subject to hydrolysis) is 1. The summed E-state index contributed by atoms with van der Waals surface area (Å²) in [6.45, 7) is 5.30. The third kappa shape index (κ3) is 7.46. The van der Waals surface area contributed by atoms with E-state index in [4.69, 9.17) is 9.47 Å². The van der Waals surface area contributed by atoms with Crippen molar-refractivity contribution >= 4 is 18.2 Å². The lowest BCUT2D eigenvalue weighted by Crippen LogP contribution is -2.36. The van der Waals surface area contributed by atoms with Crippen molar-refractivity contribution in [1.82, 2.24) is 10.7 Å². The van der Waals surface area contributed by atoms with Crippen molar-refractivity contribution in [3.8, 4) is 11.5 Å². The van der Waals surface area contributed by atoms with Crippen LogP contribution in [0.4, 0.5) is 4.79 Å². The maximum Gasteiger partial charge on any atom is 0.408 e. The van der Waals surface area contributed by atoms with Gasteiger partial charge < -0.3 is 19.9 Å². The Kier molecular flexibility index (Phi) is 7.80. The molecule has 0 aromatic heterocycles. The zero-order valence-electron chi connectivity index (χ0n) is 17.5. The van der Waals surface area contributed by atoms with Crippen LogP contribution in [0.15, 0.2) is 53.6 Å². The van der Waals surface area contributed by atoms with E-state index in [0.29, 0.717) is 11.3 Å². The number of rotatable bonds is 7. The number of phenols is 1. The molecule has 0 radical (unpaired) electrons. The van der Waals surface area contributed by atoms with Gasteiger partial charge in [-0.1, -0.05) is 30.3 Å². The Morgan fingerprint density at radius 1 is 1.17 bits per heavy atom. The number of phenolic OH excluding ortho intramolecular Hbond substituents is 1. The number of carbonyl (C=O) groups is 2. The topological polar surface area (TPSA) is 109 Å². The van der Waals surface area contributed by atoms with Gasteiger partial charge in [-0.2, -0.15) is 5.10 Å². The smallest absolute Gasteiger partial charge is 0.408 e. The number of nitrogens with one attached hydrogen (secondary N) is 2. The first-order chi connectivity index (χ1) is 14.2. The van der Waals surface area contributed by atoms with Gasteiger partial charge in [0.2, 0.25) is 5.91 Å². The van der Waals surface area contributed by atoms with Gasteiger partial charge in [0.15, 0.2) is 11.5 Å². The second-order valence-corrected chi connectivity index (χ2v) is 7.54. The first-order valence-electron chi connectivity index (χ1n) is 9.41. The number of hydrazone groups is 1. The fourth-order valence-corrected chi connectivity index (χ4v) is 2.57. The first-order valence-corrected chi connectivity index (χ1v) is 9.41. The highest BCUT2D eigenvalue weighted by atomic mass is 16.6. The molecule has 8 nitrogen and oxygen atoms in total. The number of methoxy groups -OCH3 is 1. The van der Waals surface area contributed by atoms with E-state index in [2.05, 4.69) is 15.8 Å². The van der Waals surface area contributed by atoms with Crippen molar-refractivity contribution in [2.75, 3.05) is 7.11 Å². The number of benzene rings is 2. The van der Waals surface area contributed by atoms with Crippen molar-refractivity contribution < 1.29 is 24.2 Å². The summed E-state index contributed by atoms with van der Waals surface area (Å²) in [5.41, 5.74) is 3.20. The van der Waals surface area contributed by atoms with E-state index in [1.165, 1.54) is 19.4 Å². The minimum absolute atomic E-state index is 0.0117. The predicted molar refractivity (Wildman–Crippen MR) is 114 cm³/mol. The third-order valence-electron chi connectivity index (χ3n) is 3.89. The molecule has 2 amide bonds. The number of carbonyl (C=O) groups excluding carboxylic acids is 2. The summed E-state index contributed by atoms with van der Waals surface area (Å²) < 4.78 is 10.3. The number of aromatic hydroxyl groups is 1. The molecule has 0 unspecified atom stereocenters. The fraction of sp³-hybridized carbons (Fsp3) is 0.318. The summed E-state index contributed by atoms with van der Waals surface area (Å²) in [6.07, 6.45) is 0.793. The molecule has 0 aliphatic heterocycles. The molecule has 2 aromatic carbocycles. The summed E-state index contributed by atoms with van der Waals surface area (Å²) >= 11 is 0. The van der Waals surface area contributed by atoms with Gasteiger partial charge in [0.25, 0.3) is 0 Å². The molecule has 160 valence electrons. The lowest BCUT2D eigenvalue weighted by Gasteiger charge is -2.23. The molecule has 0 bridgehead atoms. The highest BCUT2D eigenvalue weighted by Crippen LogP contribution is 2.25. The van der Waals surface area contributed by atoms with E-state index in [0.717, 1.165) is 5.56 Å². The van der Waals surface area contributed by atoms with Crippen LogP contribution < -0.4 is 15.5 Å². The molecular formula is C22H27N3O5. The third-order valence-corrected chi connectivity index (χ3v) is 3.89. The highest BCUT2D eigenvalue weighted by Gasteiger charge is 2.22. The quantitative estimate of drug-likeness (QED) is 0.475. The standard InChI is InChI=1S/C22H27N3O5/c1-22(2,3)30-21(28)24-17(16-8-6-5-7-9-16)13-20(27)25-23-14-15-10-11-18(26)19(12-15)29-4/h5-12,14,17,26H,13H2,1-4H3,(H,24,28)(H,25,27)/b23-14+/t17-/m0/s1. The molecule has 30 heavy (non-hydrogen) atoms. The summed E-state index contributed by atoms with van der Waals surface area (Å²) in [5.74, 6) is -0.0736. The highest BCUT2D eigenvalue weighted by molar-refractivity contribution is 5.83. The van der Waals surface area contributed by atoms with Gasteiger partial charge in [0, 0.05) is 0 Å². The minimum atomic E-state index is -0.650. The molecule has 0 saturated heterocycles. The molecular weight excluding hydrogens is 386 g/mol. The van der Waals surface area contributed by atoms with E-state index >= 15 is 0 Å². The Hall–Kier alpha value is -3.55. The molecule has 0 saturated carbocycles. The van der Waals surface area contributed by atoms with Crippen molar-refractivity contribution in [3.63, 3.8) is 0 Å². The van der Waals surface area contributed by atoms with Crippen molar-refractivity contribution in [2.24, 2.45) is 5.10 Å². The molecule has 0 aliphatic carbocycles. The van der Waals surface area contributed by atoms with Crippen LogP contribution in [0.25, 0.3) is 0 Å². The van der Waals surface area contributed by atoms with Crippen LogP contribution in [0.2, 0.25) is 0 Å². The predicted octanol–water partition coefficient (Wildman–Crippen LogP) is 3.51. The largest absolute Gasteiger partial charge is 0.504 e. The number of ether oxygens (including phenoxy) is 2. The number of hydrogen-bond acceptors (Lipinski definition) is 6. The summed E-state index contributed by atoms with van der Waals surface area (Å²) in [7, 11) is 1.44. The Labute approximate surface area is 175 Å². The Balaban J connectivity index is 2.02. The number of amides is 2. The Morgan fingerprint density at radius 2 is 1.87 bits per heavy atom. The fourth-order valence-electron chi connectivity index (χ4n) is 2.57. The SMILES string of the molecule is COc1cc(/C=N/NC(=O)C[C@H](NC(=O)OC(C)(C)C)c2ccccc2)ccc1O. The van der Waals surface area contributed by atoms with E-state index < -0.39 is 17.7 Å². The lowest BCUT2D eigenvalue weighted by atomic mass is 10.0. The maximum absolute atomic E-state index is 12.4.